The van der Waals surface area contributed by atoms with Crippen LogP contribution in [-0.2, 0) is 4.79 Å². The van der Waals surface area contributed by atoms with Gasteiger partial charge in [0.15, 0.2) is 0 Å². The van der Waals surface area contributed by atoms with Crippen LogP contribution in [0.25, 0.3) is 0 Å². The smallest absolute Gasteiger partial charge is 0.222 e. The van der Waals surface area contributed by atoms with E-state index in [1.165, 1.54) is 32.1 Å². The maximum Gasteiger partial charge on any atom is 0.222 e. The first-order valence-corrected chi connectivity index (χ1v) is 6.33. The van der Waals surface area contributed by atoms with Crippen LogP contribution in [0.2, 0.25) is 0 Å². The van der Waals surface area contributed by atoms with Gasteiger partial charge in [-0.3, -0.25) is 4.79 Å². The van der Waals surface area contributed by atoms with E-state index in [0.29, 0.717) is 12.1 Å². The molecule has 0 aromatic carbocycles. The Morgan fingerprint density at radius 1 is 1.00 bits per heavy atom. The third-order valence-electron chi connectivity index (χ3n) is 3.94. The van der Waals surface area contributed by atoms with E-state index in [1.54, 1.807) is 0 Å². The fraction of sp³-hybridized carbons (Fsp3) is 0.917. The van der Waals surface area contributed by atoms with E-state index in [4.69, 9.17) is 5.73 Å². The van der Waals surface area contributed by atoms with Crippen LogP contribution < -0.4 is 11.1 Å². The molecule has 0 aromatic rings. The number of carbonyl (C=O) groups excluding carboxylic acids is 1. The van der Waals surface area contributed by atoms with Crippen molar-refractivity contribution in [1.82, 2.24) is 5.32 Å². The zero-order valence-corrected chi connectivity index (χ0v) is 9.37. The Balaban J connectivity index is 1.84. The average molecular weight is 210 g/mol. The topological polar surface area (TPSA) is 55.1 Å². The zero-order chi connectivity index (χ0) is 10.7. The molecular formula is C12H22N2O. The van der Waals surface area contributed by atoms with E-state index < -0.39 is 0 Å². The van der Waals surface area contributed by atoms with E-state index in [9.17, 15) is 4.79 Å². The number of hydrogen-bond donors (Lipinski definition) is 2. The molecule has 2 saturated carbocycles. The van der Waals surface area contributed by atoms with Crippen molar-refractivity contribution in [1.29, 1.82) is 0 Å². The minimum Gasteiger partial charge on any atom is -0.369 e. The molecule has 3 nitrogen and oxygen atoms in total. The van der Waals surface area contributed by atoms with E-state index in [1.807, 2.05) is 0 Å². The standard InChI is InChI=1S/C12H22N2O/c13-12(15)10-7-4-8-11(10)14-9-5-2-1-3-6-9/h9-11,14H,1-8H2,(H2,13,15). The highest BCUT2D eigenvalue weighted by atomic mass is 16.1. The normalized spacial score (nSPS) is 33.1. The Bertz CT molecular complexity index is 224. The van der Waals surface area contributed by atoms with Gasteiger partial charge in [0.1, 0.15) is 0 Å². The molecule has 1 amide bonds. The summed E-state index contributed by atoms with van der Waals surface area (Å²) in [6.07, 6.45) is 9.88. The van der Waals surface area contributed by atoms with Crippen LogP contribution in [0.4, 0.5) is 0 Å². The van der Waals surface area contributed by atoms with Gasteiger partial charge in [-0.05, 0) is 25.7 Å². The molecule has 86 valence electrons. The Labute approximate surface area is 91.8 Å². The molecule has 2 fully saturated rings. The number of amides is 1. The molecule has 0 aromatic heterocycles. The summed E-state index contributed by atoms with van der Waals surface area (Å²) in [6, 6.07) is 1.01. The maximum atomic E-state index is 11.2. The van der Waals surface area contributed by atoms with Crippen LogP contribution in [0.3, 0.4) is 0 Å². The molecule has 0 saturated heterocycles. The first-order valence-electron chi connectivity index (χ1n) is 6.33. The minimum absolute atomic E-state index is 0.0897. The molecule has 3 heteroatoms. The zero-order valence-electron chi connectivity index (χ0n) is 9.37. The van der Waals surface area contributed by atoms with Crippen LogP contribution in [-0.4, -0.2) is 18.0 Å². The fourth-order valence-corrected chi connectivity index (χ4v) is 3.07. The van der Waals surface area contributed by atoms with E-state index in [0.717, 1.165) is 19.3 Å². The molecule has 0 heterocycles. The summed E-state index contributed by atoms with van der Waals surface area (Å²) in [4.78, 5) is 11.2. The summed E-state index contributed by atoms with van der Waals surface area (Å²) in [7, 11) is 0. The Hall–Kier alpha value is -0.570. The van der Waals surface area contributed by atoms with Crippen molar-refractivity contribution in [2.24, 2.45) is 11.7 Å². The second-order valence-electron chi connectivity index (χ2n) is 5.05. The highest BCUT2D eigenvalue weighted by molar-refractivity contribution is 5.77. The second-order valence-corrected chi connectivity index (χ2v) is 5.05. The molecule has 3 N–H and O–H groups in total. The lowest BCUT2D eigenvalue weighted by Crippen LogP contribution is -2.45. The Morgan fingerprint density at radius 3 is 2.40 bits per heavy atom. The maximum absolute atomic E-state index is 11.2. The van der Waals surface area contributed by atoms with Crippen molar-refractivity contribution in [3.05, 3.63) is 0 Å². The third-order valence-corrected chi connectivity index (χ3v) is 3.94. The molecule has 0 radical (unpaired) electrons. The predicted molar refractivity (Wildman–Crippen MR) is 60.3 cm³/mol. The number of carbonyl (C=O) groups is 1. The van der Waals surface area contributed by atoms with Gasteiger partial charge in [0, 0.05) is 12.1 Å². The van der Waals surface area contributed by atoms with Crippen molar-refractivity contribution >= 4 is 5.91 Å². The number of rotatable bonds is 3. The Kier molecular flexibility index (Phi) is 3.62. The van der Waals surface area contributed by atoms with Gasteiger partial charge in [-0.15, -0.1) is 0 Å². The summed E-state index contributed by atoms with van der Waals surface area (Å²) in [5.74, 6) is -0.0206. The van der Waals surface area contributed by atoms with Crippen molar-refractivity contribution in [2.75, 3.05) is 0 Å². The molecule has 0 aliphatic heterocycles. The van der Waals surface area contributed by atoms with E-state index in [-0.39, 0.29) is 11.8 Å². The van der Waals surface area contributed by atoms with Crippen molar-refractivity contribution < 1.29 is 4.79 Å². The van der Waals surface area contributed by atoms with Gasteiger partial charge in [0.05, 0.1) is 5.92 Å². The lowest BCUT2D eigenvalue weighted by atomic mass is 9.93. The summed E-state index contributed by atoms with van der Waals surface area (Å²) < 4.78 is 0. The van der Waals surface area contributed by atoms with Gasteiger partial charge in [-0.25, -0.2) is 0 Å². The largest absolute Gasteiger partial charge is 0.369 e. The van der Waals surface area contributed by atoms with Crippen LogP contribution in [0.5, 0.6) is 0 Å². The van der Waals surface area contributed by atoms with E-state index >= 15 is 0 Å². The summed E-state index contributed by atoms with van der Waals surface area (Å²) in [5.41, 5.74) is 5.41. The van der Waals surface area contributed by atoms with Gasteiger partial charge >= 0.3 is 0 Å². The Morgan fingerprint density at radius 2 is 1.73 bits per heavy atom. The molecule has 2 aliphatic rings. The summed E-state index contributed by atoms with van der Waals surface area (Å²) in [5, 5.41) is 3.65. The van der Waals surface area contributed by atoms with Crippen LogP contribution in [0, 0.1) is 5.92 Å². The SMILES string of the molecule is NC(=O)C1CCCC1NC1CCCCC1. The first kappa shape index (κ1) is 10.9. The molecular weight excluding hydrogens is 188 g/mol. The molecule has 2 rings (SSSR count). The van der Waals surface area contributed by atoms with Gasteiger partial charge in [-0.2, -0.15) is 0 Å². The third kappa shape index (κ3) is 2.71. The van der Waals surface area contributed by atoms with Gasteiger partial charge in [-0.1, -0.05) is 25.7 Å². The molecule has 15 heavy (non-hydrogen) atoms. The molecule has 2 atom stereocenters. The highest BCUT2D eigenvalue weighted by Gasteiger charge is 2.32. The van der Waals surface area contributed by atoms with Gasteiger partial charge in [0.2, 0.25) is 5.91 Å². The van der Waals surface area contributed by atoms with Crippen molar-refractivity contribution in [3.63, 3.8) is 0 Å². The molecule has 0 bridgehead atoms. The highest BCUT2D eigenvalue weighted by Crippen LogP contribution is 2.27. The summed E-state index contributed by atoms with van der Waals surface area (Å²) >= 11 is 0. The van der Waals surface area contributed by atoms with Gasteiger partial charge in [0.25, 0.3) is 0 Å². The predicted octanol–water partition coefficient (Wildman–Crippen LogP) is 1.56. The number of primary amides is 1. The summed E-state index contributed by atoms with van der Waals surface area (Å²) in [6.45, 7) is 0. The van der Waals surface area contributed by atoms with E-state index in [2.05, 4.69) is 5.32 Å². The van der Waals surface area contributed by atoms with Crippen LogP contribution >= 0.6 is 0 Å². The quantitative estimate of drug-likeness (QED) is 0.742. The lowest BCUT2D eigenvalue weighted by Gasteiger charge is -2.28. The molecule has 0 spiro atoms. The number of hydrogen-bond acceptors (Lipinski definition) is 2. The fourth-order valence-electron chi connectivity index (χ4n) is 3.07. The van der Waals surface area contributed by atoms with Crippen LogP contribution in [0.1, 0.15) is 51.4 Å². The number of nitrogens with two attached hydrogens (primary N) is 1. The average Bonchev–Trinajstić information content (AvgIpc) is 2.67. The monoisotopic (exact) mass is 210 g/mol. The molecule has 2 unspecified atom stereocenters. The number of nitrogens with one attached hydrogen (secondary N) is 1. The van der Waals surface area contributed by atoms with Gasteiger partial charge < -0.3 is 11.1 Å². The van der Waals surface area contributed by atoms with Crippen LogP contribution in [0.15, 0.2) is 0 Å². The lowest BCUT2D eigenvalue weighted by molar-refractivity contribution is -0.122. The minimum atomic E-state index is -0.110. The second kappa shape index (κ2) is 4.97. The first-order chi connectivity index (χ1) is 7.27. The van der Waals surface area contributed by atoms with Crippen molar-refractivity contribution in [2.45, 2.75) is 63.5 Å². The van der Waals surface area contributed by atoms with Crippen molar-refractivity contribution in [3.8, 4) is 0 Å². The molecule has 2 aliphatic carbocycles.